The van der Waals surface area contributed by atoms with Crippen LogP contribution in [0.3, 0.4) is 0 Å². The number of benzene rings is 1. The van der Waals surface area contributed by atoms with Crippen molar-refractivity contribution >= 4 is 22.9 Å². The summed E-state index contributed by atoms with van der Waals surface area (Å²) in [7, 11) is 0. The summed E-state index contributed by atoms with van der Waals surface area (Å²) in [5.74, 6) is 1.03. The molecule has 134 valence electrons. The van der Waals surface area contributed by atoms with Crippen LogP contribution in [0.25, 0.3) is 10.8 Å². The number of amides is 1. The van der Waals surface area contributed by atoms with Crippen molar-refractivity contribution in [2.75, 3.05) is 11.4 Å². The standard InChI is InChI=1S/C20H21N3O2S/c1-14(15-6-8-17(9-7-15)23-10-2-5-19(23)24)21-12-16-13-26-20(22-16)18-4-3-11-25-18/h3-4,6-9,11,13-14,21H,2,5,10,12H2,1H3. The van der Waals surface area contributed by atoms with E-state index in [2.05, 4.69) is 34.7 Å². The molecule has 1 N–H and O–H groups in total. The molecule has 0 saturated carbocycles. The Morgan fingerprint density at radius 3 is 2.85 bits per heavy atom. The van der Waals surface area contributed by atoms with E-state index in [0.717, 1.165) is 35.1 Å². The molecule has 5 nitrogen and oxygen atoms in total. The molecular formula is C20H21N3O2S. The lowest BCUT2D eigenvalue weighted by atomic mass is 10.1. The molecule has 1 amide bonds. The van der Waals surface area contributed by atoms with Crippen molar-refractivity contribution in [1.82, 2.24) is 10.3 Å². The molecule has 1 saturated heterocycles. The Hall–Kier alpha value is -2.44. The van der Waals surface area contributed by atoms with E-state index in [4.69, 9.17) is 4.42 Å². The maximum atomic E-state index is 11.8. The van der Waals surface area contributed by atoms with Gasteiger partial charge in [0.25, 0.3) is 0 Å². The van der Waals surface area contributed by atoms with E-state index in [0.29, 0.717) is 13.0 Å². The zero-order valence-corrected chi connectivity index (χ0v) is 15.5. The van der Waals surface area contributed by atoms with Gasteiger partial charge in [-0.15, -0.1) is 11.3 Å². The van der Waals surface area contributed by atoms with Crippen molar-refractivity contribution in [1.29, 1.82) is 0 Å². The van der Waals surface area contributed by atoms with Crippen LogP contribution in [0.2, 0.25) is 0 Å². The summed E-state index contributed by atoms with van der Waals surface area (Å²) in [5, 5.41) is 6.46. The first kappa shape index (κ1) is 17.0. The van der Waals surface area contributed by atoms with Crippen LogP contribution >= 0.6 is 11.3 Å². The van der Waals surface area contributed by atoms with E-state index >= 15 is 0 Å². The number of carbonyl (C=O) groups is 1. The maximum absolute atomic E-state index is 11.8. The SMILES string of the molecule is CC(NCc1csc(-c2ccco2)n1)c1ccc(N2CCCC2=O)cc1. The van der Waals surface area contributed by atoms with Crippen LogP contribution in [-0.2, 0) is 11.3 Å². The third-order valence-electron chi connectivity index (χ3n) is 4.65. The van der Waals surface area contributed by atoms with Gasteiger partial charge >= 0.3 is 0 Å². The molecule has 6 heteroatoms. The van der Waals surface area contributed by atoms with Crippen LogP contribution < -0.4 is 10.2 Å². The van der Waals surface area contributed by atoms with Gasteiger partial charge in [-0.25, -0.2) is 4.98 Å². The quantitative estimate of drug-likeness (QED) is 0.702. The van der Waals surface area contributed by atoms with Crippen molar-refractivity contribution in [2.45, 2.75) is 32.4 Å². The molecule has 2 aromatic heterocycles. The number of carbonyl (C=O) groups excluding carboxylic acids is 1. The fraction of sp³-hybridized carbons (Fsp3) is 0.300. The summed E-state index contributed by atoms with van der Waals surface area (Å²) >= 11 is 1.59. The molecule has 1 atom stereocenters. The molecule has 3 heterocycles. The molecule has 0 radical (unpaired) electrons. The summed E-state index contributed by atoms with van der Waals surface area (Å²) in [5.41, 5.74) is 3.19. The summed E-state index contributed by atoms with van der Waals surface area (Å²) in [4.78, 5) is 18.3. The predicted molar refractivity (Wildman–Crippen MR) is 103 cm³/mol. The molecule has 26 heavy (non-hydrogen) atoms. The minimum Gasteiger partial charge on any atom is -0.462 e. The van der Waals surface area contributed by atoms with Crippen LogP contribution in [0.5, 0.6) is 0 Å². The molecule has 1 unspecified atom stereocenters. The third-order valence-corrected chi connectivity index (χ3v) is 5.56. The van der Waals surface area contributed by atoms with Crippen molar-refractivity contribution in [3.63, 3.8) is 0 Å². The lowest BCUT2D eigenvalue weighted by Crippen LogP contribution is -2.23. The Kier molecular flexibility index (Phi) is 4.86. The highest BCUT2D eigenvalue weighted by atomic mass is 32.1. The topological polar surface area (TPSA) is 58.4 Å². The van der Waals surface area contributed by atoms with E-state index < -0.39 is 0 Å². The molecule has 1 aliphatic rings. The number of hydrogen-bond donors (Lipinski definition) is 1. The minimum absolute atomic E-state index is 0.201. The average Bonchev–Trinajstić information content (AvgIpc) is 3.41. The predicted octanol–water partition coefficient (Wildman–Crippen LogP) is 4.38. The first-order chi connectivity index (χ1) is 12.7. The molecule has 0 aliphatic carbocycles. The lowest BCUT2D eigenvalue weighted by Gasteiger charge is -2.18. The van der Waals surface area contributed by atoms with Crippen LogP contribution in [0, 0.1) is 0 Å². The van der Waals surface area contributed by atoms with Crippen LogP contribution in [0.1, 0.15) is 37.1 Å². The number of rotatable bonds is 6. The highest BCUT2D eigenvalue weighted by molar-refractivity contribution is 7.13. The first-order valence-electron chi connectivity index (χ1n) is 8.83. The largest absolute Gasteiger partial charge is 0.462 e. The van der Waals surface area contributed by atoms with Crippen LogP contribution in [-0.4, -0.2) is 17.4 Å². The number of aromatic nitrogens is 1. The van der Waals surface area contributed by atoms with E-state index in [1.165, 1.54) is 5.56 Å². The van der Waals surface area contributed by atoms with Gasteiger partial charge in [-0.05, 0) is 43.2 Å². The van der Waals surface area contributed by atoms with E-state index in [1.54, 1.807) is 17.6 Å². The van der Waals surface area contributed by atoms with Gasteiger partial charge in [-0.2, -0.15) is 0 Å². The van der Waals surface area contributed by atoms with Gasteiger partial charge in [0.1, 0.15) is 0 Å². The highest BCUT2D eigenvalue weighted by Gasteiger charge is 2.21. The summed E-state index contributed by atoms with van der Waals surface area (Å²) < 4.78 is 5.39. The average molecular weight is 367 g/mol. The van der Waals surface area contributed by atoms with Crippen molar-refractivity contribution in [3.05, 3.63) is 59.3 Å². The molecule has 1 aliphatic heterocycles. The van der Waals surface area contributed by atoms with Gasteiger partial charge < -0.3 is 14.6 Å². The van der Waals surface area contributed by atoms with Crippen molar-refractivity contribution in [2.24, 2.45) is 0 Å². The molecule has 4 rings (SSSR count). The molecule has 0 spiro atoms. The molecule has 0 bridgehead atoms. The Bertz CT molecular complexity index is 871. The fourth-order valence-corrected chi connectivity index (χ4v) is 3.93. The Morgan fingerprint density at radius 2 is 2.15 bits per heavy atom. The van der Waals surface area contributed by atoms with Gasteiger partial charge in [0.05, 0.1) is 12.0 Å². The second-order valence-corrected chi connectivity index (χ2v) is 7.32. The molecule has 1 aromatic carbocycles. The van der Waals surface area contributed by atoms with Gasteiger partial charge in [-0.1, -0.05) is 12.1 Å². The summed E-state index contributed by atoms with van der Waals surface area (Å²) in [6, 6.07) is 12.2. The number of nitrogens with one attached hydrogen (secondary N) is 1. The zero-order valence-electron chi connectivity index (χ0n) is 14.6. The minimum atomic E-state index is 0.201. The Morgan fingerprint density at radius 1 is 1.31 bits per heavy atom. The number of furan rings is 1. The fourth-order valence-electron chi connectivity index (χ4n) is 3.14. The van der Waals surface area contributed by atoms with Crippen LogP contribution in [0.4, 0.5) is 5.69 Å². The number of nitrogens with zero attached hydrogens (tertiary/aromatic N) is 2. The molecular weight excluding hydrogens is 346 g/mol. The van der Waals surface area contributed by atoms with Crippen LogP contribution in [0.15, 0.2) is 52.5 Å². The lowest BCUT2D eigenvalue weighted by molar-refractivity contribution is -0.117. The van der Waals surface area contributed by atoms with Gasteiger partial charge in [0.2, 0.25) is 5.91 Å². The monoisotopic (exact) mass is 367 g/mol. The molecule has 3 aromatic rings. The second-order valence-electron chi connectivity index (χ2n) is 6.46. The number of thiazole rings is 1. The van der Waals surface area contributed by atoms with Crippen molar-refractivity contribution < 1.29 is 9.21 Å². The first-order valence-corrected chi connectivity index (χ1v) is 9.70. The van der Waals surface area contributed by atoms with E-state index in [-0.39, 0.29) is 11.9 Å². The van der Waals surface area contributed by atoms with E-state index in [1.807, 2.05) is 29.2 Å². The normalized spacial score (nSPS) is 15.6. The highest BCUT2D eigenvalue weighted by Crippen LogP contribution is 2.25. The third kappa shape index (κ3) is 3.57. The Balaban J connectivity index is 1.36. The second kappa shape index (κ2) is 7.43. The van der Waals surface area contributed by atoms with E-state index in [9.17, 15) is 4.79 Å². The van der Waals surface area contributed by atoms with Gasteiger partial charge in [0, 0.05) is 36.6 Å². The molecule has 1 fully saturated rings. The number of anilines is 1. The zero-order chi connectivity index (χ0) is 17.9. The maximum Gasteiger partial charge on any atom is 0.227 e. The number of hydrogen-bond acceptors (Lipinski definition) is 5. The Labute approximate surface area is 156 Å². The smallest absolute Gasteiger partial charge is 0.227 e. The van der Waals surface area contributed by atoms with Gasteiger partial charge in [-0.3, -0.25) is 4.79 Å². The van der Waals surface area contributed by atoms with Crippen molar-refractivity contribution in [3.8, 4) is 10.8 Å². The summed E-state index contributed by atoms with van der Waals surface area (Å²) in [6.45, 7) is 3.66. The van der Waals surface area contributed by atoms with Gasteiger partial charge in [0.15, 0.2) is 10.8 Å². The summed E-state index contributed by atoms with van der Waals surface area (Å²) in [6.07, 6.45) is 3.27.